The standard InChI is InChI=1S/C16H21NO3/c1-4-10-5-7-11(8-6-10)16(2,3)17-14(18)12-9-13(12)15(19)20/h5-8,12-13H,4,9H2,1-3H3,(H,17,18)(H,19,20). The highest BCUT2D eigenvalue weighted by atomic mass is 16.4. The van der Waals surface area contributed by atoms with Gasteiger partial charge in [-0.2, -0.15) is 0 Å². The highest BCUT2D eigenvalue weighted by molar-refractivity contribution is 5.89. The second kappa shape index (κ2) is 5.27. The molecule has 0 aliphatic heterocycles. The van der Waals surface area contributed by atoms with Gasteiger partial charge in [0, 0.05) is 0 Å². The first-order valence-electron chi connectivity index (χ1n) is 6.99. The number of hydrogen-bond acceptors (Lipinski definition) is 2. The lowest BCUT2D eigenvalue weighted by atomic mass is 9.92. The van der Waals surface area contributed by atoms with Crippen LogP contribution in [0.1, 0.15) is 38.3 Å². The Bertz CT molecular complexity index is 519. The van der Waals surface area contributed by atoms with Crippen LogP contribution in [-0.2, 0) is 21.5 Å². The summed E-state index contributed by atoms with van der Waals surface area (Å²) in [5.74, 6) is -1.92. The summed E-state index contributed by atoms with van der Waals surface area (Å²) >= 11 is 0. The summed E-state index contributed by atoms with van der Waals surface area (Å²) in [4.78, 5) is 22.9. The van der Waals surface area contributed by atoms with Gasteiger partial charge in [0.05, 0.1) is 17.4 Å². The molecule has 0 saturated heterocycles. The normalized spacial score (nSPS) is 21.4. The highest BCUT2D eigenvalue weighted by Gasteiger charge is 2.49. The quantitative estimate of drug-likeness (QED) is 0.866. The Morgan fingerprint density at radius 1 is 1.25 bits per heavy atom. The van der Waals surface area contributed by atoms with Gasteiger partial charge in [-0.05, 0) is 37.8 Å². The van der Waals surface area contributed by atoms with Crippen LogP contribution in [0.3, 0.4) is 0 Å². The fraction of sp³-hybridized carbons (Fsp3) is 0.500. The molecule has 108 valence electrons. The van der Waals surface area contributed by atoms with Crippen LogP contribution in [0.2, 0.25) is 0 Å². The fourth-order valence-corrected chi connectivity index (χ4v) is 2.39. The van der Waals surface area contributed by atoms with E-state index in [1.807, 2.05) is 26.0 Å². The zero-order chi connectivity index (χ0) is 14.9. The van der Waals surface area contributed by atoms with Crippen molar-refractivity contribution in [3.8, 4) is 0 Å². The molecular weight excluding hydrogens is 254 g/mol. The van der Waals surface area contributed by atoms with Gasteiger partial charge in [0.25, 0.3) is 0 Å². The third-order valence-electron chi connectivity index (χ3n) is 3.96. The maximum Gasteiger partial charge on any atom is 0.307 e. The Kier molecular flexibility index (Phi) is 3.84. The molecule has 1 aliphatic carbocycles. The van der Waals surface area contributed by atoms with Gasteiger partial charge in [-0.25, -0.2) is 0 Å². The van der Waals surface area contributed by atoms with E-state index < -0.39 is 17.4 Å². The number of carbonyl (C=O) groups is 2. The number of carboxylic acids is 1. The number of amides is 1. The van der Waals surface area contributed by atoms with E-state index in [0.29, 0.717) is 6.42 Å². The van der Waals surface area contributed by atoms with E-state index in [-0.39, 0.29) is 11.8 Å². The number of aliphatic carboxylic acids is 1. The second-order valence-corrected chi connectivity index (χ2v) is 5.95. The van der Waals surface area contributed by atoms with E-state index >= 15 is 0 Å². The third-order valence-corrected chi connectivity index (χ3v) is 3.96. The first-order chi connectivity index (χ1) is 9.35. The van der Waals surface area contributed by atoms with Crippen molar-refractivity contribution in [3.63, 3.8) is 0 Å². The first-order valence-corrected chi connectivity index (χ1v) is 6.99. The molecular formula is C16H21NO3. The van der Waals surface area contributed by atoms with Crippen LogP contribution in [0, 0.1) is 11.8 Å². The van der Waals surface area contributed by atoms with Gasteiger partial charge in [0.1, 0.15) is 0 Å². The molecule has 2 atom stereocenters. The Hall–Kier alpha value is -1.84. The van der Waals surface area contributed by atoms with Crippen LogP contribution in [0.15, 0.2) is 24.3 Å². The monoisotopic (exact) mass is 275 g/mol. The van der Waals surface area contributed by atoms with Crippen molar-refractivity contribution in [3.05, 3.63) is 35.4 Å². The lowest BCUT2D eigenvalue weighted by Crippen LogP contribution is -2.42. The van der Waals surface area contributed by atoms with E-state index in [1.54, 1.807) is 0 Å². The van der Waals surface area contributed by atoms with E-state index in [4.69, 9.17) is 5.11 Å². The predicted octanol–water partition coefficient (Wildman–Crippen LogP) is 2.32. The summed E-state index contributed by atoms with van der Waals surface area (Å²) in [5, 5.41) is 11.8. The zero-order valence-electron chi connectivity index (χ0n) is 12.1. The Morgan fingerprint density at radius 2 is 1.85 bits per heavy atom. The van der Waals surface area contributed by atoms with Crippen LogP contribution >= 0.6 is 0 Å². The molecule has 0 spiro atoms. The molecule has 0 heterocycles. The van der Waals surface area contributed by atoms with E-state index in [1.165, 1.54) is 5.56 Å². The number of carboxylic acid groups (broad SMARTS) is 1. The summed E-state index contributed by atoms with van der Waals surface area (Å²) < 4.78 is 0. The molecule has 20 heavy (non-hydrogen) atoms. The number of benzene rings is 1. The summed E-state index contributed by atoms with van der Waals surface area (Å²) in [6.07, 6.45) is 1.43. The minimum Gasteiger partial charge on any atom is -0.481 e. The van der Waals surface area contributed by atoms with Gasteiger partial charge in [0.15, 0.2) is 0 Å². The van der Waals surface area contributed by atoms with Crippen molar-refractivity contribution >= 4 is 11.9 Å². The van der Waals surface area contributed by atoms with Crippen molar-refractivity contribution in [1.82, 2.24) is 5.32 Å². The summed E-state index contributed by atoms with van der Waals surface area (Å²) in [7, 11) is 0. The van der Waals surface area contributed by atoms with Gasteiger partial charge in [-0.3, -0.25) is 9.59 Å². The summed E-state index contributed by atoms with van der Waals surface area (Å²) in [6, 6.07) is 8.14. The summed E-state index contributed by atoms with van der Waals surface area (Å²) in [6.45, 7) is 5.97. The zero-order valence-corrected chi connectivity index (χ0v) is 12.1. The highest BCUT2D eigenvalue weighted by Crippen LogP contribution is 2.39. The van der Waals surface area contributed by atoms with Crippen LogP contribution in [0.5, 0.6) is 0 Å². The number of aryl methyl sites for hydroxylation is 1. The van der Waals surface area contributed by atoms with Gasteiger partial charge in [-0.1, -0.05) is 31.2 Å². The Balaban J connectivity index is 2.03. The Labute approximate surface area is 119 Å². The van der Waals surface area contributed by atoms with Gasteiger partial charge < -0.3 is 10.4 Å². The summed E-state index contributed by atoms with van der Waals surface area (Å²) in [5.41, 5.74) is 1.79. The molecule has 2 N–H and O–H groups in total. The maximum atomic E-state index is 12.1. The molecule has 1 amide bonds. The van der Waals surface area contributed by atoms with Crippen molar-refractivity contribution < 1.29 is 14.7 Å². The minimum atomic E-state index is -0.879. The second-order valence-electron chi connectivity index (χ2n) is 5.95. The first kappa shape index (κ1) is 14.6. The molecule has 0 radical (unpaired) electrons. The minimum absolute atomic E-state index is 0.165. The van der Waals surface area contributed by atoms with Crippen molar-refractivity contribution in [2.75, 3.05) is 0 Å². The SMILES string of the molecule is CCc1ccc(C(C)(C)NC(=O)C2CC2C(=O)O)cc1. The number of nitrogens with one attached hydrogen (secondary N) is 1. The van der Waals surface area contributed by atoms with Crippen molar-refractivity contribution in [2.24, 2.45) is 11.8 Å². The third kappa shape index (κ3) is 3.00. The average Bonchev–Trinajstić information content (AvgIpc) is 3.18. The fourth-order valence-electron chi connectivity index (χ4n) is 2.39. The predicted molar refractivity (Wildman–Crippen MR) is 76.2 cm³/mol. The largest absolute Gasteiger partial charge is 0.481 e. The van der Waals surface area contributed by atoms with E-state index in [9.17, 15) is 9.59 Å². The van der Waals surface area contributed by atoms with Crippen LogP contribution < -0.4 is 5.32 Å². The molecule has 0 aromatic heterocycles. The lowest BCUT2D eigenvalue weighted by Gasteiger charge is -2.27. The lowest BCUT2D eigenvalue weighted by molar-refractivity contribution is -0.140. The van der Waals surface area contributed by atoms with Crippen LogP contribution in [0.25, 0.3) is 0 Å². The van der Waals surface area contributed by atoms with Crippen LogP contribution in [0.4, 0.5) is 0 Å². The van der Waals surface area contributed by atoms with Crippen molar-refractivity contribution in [2.45, 2.75) is 39.2 Å². The maximum absolute atomic E-state index is 12.1. The van der Waals surface area contributed by atoms with E-state index in [2.05, 4.69) is 24.4 Å². The number of carbonyl (C=O) groups excluding carboxylic acids is 1. The molecule has 0 bridgehead atoms. The molecule has 4 nitrogen and oxygen atoms in total. The molecule has 1 aliphatic rings. The smallest absolute Gasteiger partial charge is 0.307 e. The molecule has 1 fully saturated rings. The Morgan fingerprint density at radius 3 is 2.30 bits per heavy atom. The molecule has 1 aromatic carbocycles. The topological polar surface area (TPSA) is 66.4 Å². The molecule has 4 heteroatoms. The molecule has 2 rings (SSSR count). The molecule has 1 aromatic rings. The van der Waals surface area contributed by atoms with Gasteiger partial charge in [0.2, 0.25) is 5.91 Å². The van der Waals surface area contributed by atoms with Gasteiger partial charge >= 0.3 is 5.97 Å². The number of hydrogen-bond donors (Lipinski definition) is 2. The average molecular weight is 275 g/mol. The molecule has 1 saturated carbocycles. The van der Waals surface area contributed by atoms with Crippen molar-refractivity contribution in [1.29, 1.82) is 0 Å². The van der Waals surface area contributed by atoms with Crippen LogP contribution in [-0.4, -0.2) is 17.0 Å². The number of rotatable bonds is 5. The van der Waals surface area contributed by atoms with Gasteiger partial charge in [-0.15, -0.1) is 0 Å². The van der Waals surface area contributed by atoms with E-state index in [0.717, 1.165) is 12.0 Å². The molecule has 2 unspecified atom stereocenters.